The lowest BCUT2D eigenvalue weighted by molar-refractivity contribution is -0.137. The van der Waals surface area contributed by atoms with Gasteiger partial charge in [0.2, 0.25) is 0 Å². The van der Waals surface area contributed by atoms with Gasteiger partial charge in [0.05, 0.1) is 18.2 Å². The molecule has 0 spiro atoms. The van der Waals surface area contributed by atoms with E-state index in [1.165, 1.54) is 12.1 Å². The molecule has 0 aromatic heterocycles. The van der Waals surface area contributed by atoms with Crippen molar-refractivity contribution < 1.29 is 13.2 Å². The van der Waals surface area contributed by atoms with E-state index in [4.69, 9.17) is 6.57 Å². The van der Waals surface area contributed by atoms with E-state index in [9.17, 15) is 18.4 Å². The van der Waals surface area contributed by atoms with Crippen LogP contribution in [0.2, 0.25) is 0 Å². The first-order valence-corrected chi connectivity index (χ1v) is 15.7. The van der Waals surface area contributed by atoms with Crippen LogP contribution in [0.1, 0.15) is 33.4 Å². The minimum atomic E-state index is -4.46. The van der Waals surface area contributed by atoms with Crippen LogP contribution in [0.3, 0.4) is 0 Å². The minimum absolute atomic E-state index is 0.441. The third kappa shape index (κ3) is 4.87. The number of halogens is 3. The predicted octanol–water partition coefficient (Wildman–Crippen LogP) is 12.2. The van der Waals surface area contributed by atoms with Crippen molar-refractivity contribution in [2.24, 2.45) is 0 Å². The van der Waals surface area contributed by atoms with Gasteiger partial charge in [0.25, 0.3) is 0 Å². The molecule has 0 amide bonds. The van der Waals surface area contributed by atoms with Gasteiger partial charge >= 0.3 is 6.18 Å². The van der Waals surface area contributed by atoms with Gasteiger partial charge in [-0.2, -0.15) is 18.4 Å². The van der Waals surface area contributed by atoms with Crippen molar-refractivity contribution in [3.8, 4) is 61.7 Å². The van der Waals surface area contributed by atoms with Gasteiger partial charge in [-0.15, -0.1) is 0 Å². The number of hydrogen-bond acceptors (Lipinski definition) is 1. The molecule has 2 aliphatic carbocycles. The lowest BCUT2D eigenvalue weighted by Crippen LogP contribution is -2.04. The SMILES string of the molecule is [C-]#[N+]/C=C1\c2cc(-c3cccc(C)c3)ccc2-c2cc3c(c(-c4ccccc4)c21)-c1ccc(-c2cccc(C(F)(F)F)c2)cc1/C3=C\C#N. The summed E-state index contributed by atoms with van der Waals surface area (Å²) in [6.45, 7) is 9.99. The lowest BCUT2D eigenvalue weighted by Gasteiger charge is -2.17. The molecule has 0 atom stereocenters. The van der Waals surface area contributed by atoms with E-state index >= 15 is 0 Å². The molecule has 6 aromatic carbocycles. The number of benzene rings is 6. The van der Waals surface area contributed by atoms with Crippen LogP contribution in [0.25, 0.3) is 71.6 Å². The zero-order valence-electron chi connectivity index (χ0n) is 26.2. The van der Waals surface area contributed by atoms with Crippen molar-refractivity contribution in [2.75, 3.05) is 0 Å². The van der Waals surface area contributed by atoms with Gasteiger partial charge in [-0.25, -0.2) is 4.85 Å². The Kier molecular flexibility index (Phi) is 6.95. The molecule has 5 heteroatoms. The zero-order chi connectivity index (χ0) is 33.9. The van der Waals surface area contributed by atoms with Crippen LogP contribution in [-0.4, -0.2) is 0 Å². The summed E-state index contributed by atoms with van der Waals surface area (Å²) in [5, 5.41) is 10.0. The van der Waals surface area contributed by atoms with E-state index < -0.39 is 11.7 Å². The summed E-state index contributed by atoms with van der Waals surface area (Å²) in [5.41, 5.74) is 14.4. The molecule has 6 aromatic rings. The highest BCUT2D eigenvalue weighted by Crippen LogP contribution is 2.58. The molecular formula is C44H25F3N2. The number of allylic oxidation sites excluding steroid dienone is 1. The third-order valence-electron chi connectivity index (χ3n) is 9.41. The van der Waals surface area contributed by atoms with Crippen LogP contribution in [0, 0.1) is 24.8 Å². The highest BCUT2D eigenvalue weighted by Gasteiger charge is 2.35. The molecule has 8 rings (SSSR count). The fourth-order valence-corrected chi connectivity index (χ4v) is 7.31. The monoisotopic (exact) mass is 638 g/mol. The molecule has 2 nitrogen and oxygen atoms in total. The van der Waals surface area contributed by atoms with Gasteiger partial charge in [0.1, 0.15) is 0 Å². The molecule has 0 radical (unpaired) electrons. The van der Waals surface area contributed by atoms with Crippen molar-refractivity contribution in [3.63, 3.8) is 0 Å². The largest absolute Gasteiger partial charge is 0.416 e. The Morgan fingerprint density at radius 1 is 0.571 bits per heavy atom. The quantitative estimate of drug-likeness (QED) is 0.140. The normalized spacial score (nSPS) is 14.2. The first-order valence-electron chi connectivity index (χ1n) is 15.7. The van der Waals surface area contributed by atoms with Crippen molar-refractivity contribution in [2.45, 2.75) is 13.1 Å². The number of hydrogen-bond donors (Lipinski definition) is 0. The van der Waals surface area contributed by atoms with Gasteiger partial charge in [-0.3, -0.25) is 0 Å². The van der Waals surface area contributed by atoms with E-state index in [1.54, 1.807) is 12.3 Å². The maximum absolute atomic E-state index is 13.6. The van der Waals surface area contributed by atoms with Crippen LogP contribution in [-0.2, 0) is 6.18 Å². The predicted molar refractivity (Wildman–Crippen MR) is 190 cm³/mol. The van der Waals surface area contributed by atoms with E-state index in [0.29, 0.717) is 16.7 Å². The smallest absolute Gasteiger partial charge is 0.245 e. The summed E-state index contributed by atoms with van der Waals surface area (Å²) in [6.07, 6.45) is -1.34. The summed E-state index contributed by atoms with van der Waals surface area (Å²) < 4.78 is 40.8. The second-order valence-corrected chi connectivity index (χ2v) is 12.3. The van der Waals surface area contributed by atoms with Gasteiger partial charge in [-0.05, 0) is 121 Å². The fourth-order valence-electron chi connectivity index (χ4n) is 7.31. The average molecular weight is 639 g/mol. The lowest BCUT2D eigenvalue weighted by atomic mass is 9.85. The molecule has 0 saturated carbocycles. The summed E-state index contributed by atoms with van der Waals surface area (Å²) in [6, 6.07) is 40.0. The number of nitrogens with zero attached hydrogens (tertiary/aromatic N) is 2. The van der Waals surface area contributed by atoms with Crippen LogP contribution < -0.4 is 0 Å². The van der Waals surface area contributed by atoms with Crippen molar-refractivity contribution in [3.05, 3.63) is 178 Å². The Labute approximate surface area is 282 Å². The van der Waals surface area contributed by atoms with Crippen molar-refractivity contribution in [1.82, 2.24) is 0 Å². The van der Waals surface area contributed by atoms with Crippen molar-refractivity contribution in [1.29, 1.82) is 5.26 Å². The molecule has 0 heterocycles. The Morgan fingerprint density at radius 3 is 1.88 bits per heavy atom. The molecule has 0 bridgehead atoms. The van der Waals surface area contributed by atoms with E-state index in [-0.39, 0.29) is 0 Å². The molecule has 0 fully saturated rings. The first-order chi connectivity index (χ1) is 23.8. The minimum Gasteiger partial charge on any atom is -0.245 e. The Hall–Kier alpha value is -6.43. The van der Waals surface area contributed by atoms with E-state index in [1.807, 2.05) is 42.5 Å². The standard InChI is InChI=1S/C44H25F3N2/c1-26-8-6-11-28(20-26)30-14-16-33-37(23-30)40(25-49-2)43-38(33)24-39-34(18-19-48)36-22-31(29-12-7-13-32(21-29)44(45,46)47)15-17-35(36)42(39)41(43)27-9-4-3-5-10-27/h3-18,20-25H,1H3/b34-18+,40-25+. The van der Waals surface area contributed by atoms with Gasteiger partial charge in [0.15, 0.2) is 6.20 Å². The molecule has 2 aliphatic rings. The molecule has 0 unspecified atom stereocenters. The molecule has 0 aliphatic heterocycles. The average Bonchev–Trinajstić information content (AvgIpc) is 3.59. The number of aryl methyl sites for hydroxylation is 1. The molecule has 0 N–H and O–H groups in total. The fraction of sp³-hybridized carbons (Fsp3) is 0.0455. The Balaban J connectivity index is 1.40. The van der Waals surface area contributed by atoms with Gasteiger partial charge < -0.3 is 0 Å². The summed E-state index contributed by atoms with van der Waals surface area (Å²) in [7, 11) is 0. The second kappa shape index (κ2) is 11.4. The summed E-state index contributed by atoms with van der Waals surface area (Å²) in [4.78, 5) is 3.77. The van der Waals surface area contributed by atoms with Crippen molar-refractivity contribution >= 4 is 11.1 Å². The first kappa shape index (κ1) is 29.9. The van der Waals surface area contributed by atoms with E-state index in [2.05, 4.69) is 72.4 Å². The Bertz CT molecular complexity index is 2500. The summed E-state index contributed by atoms with van der Waals surface area (Å²) >= 11 is 0. The molecule has 49 heavy (non-hydrogen) atoms. The second-order valence-electron chi connectivity index (χ2n) is 12.3. The molecule has 232 valence electrons. The zero-order valence-corrected chi connectivity index (χ0v) is 26.2. The highest BCUT2D eigenvalue weighted by molar-refractivity contribution is 6.16. The highest BCUT2D eigenvalue weighted by atomic mass is 19.4. The molecular weight excluding hydrogens is 613 g/mol. The van der Waals surface area contributed by atoms with Crippen LogP contribution in [0.5, 0.6) is 0 Å². The maximum atomic E-state index is 13.6. The molecule has 0 saturated heterocycles. The van der Waals surface area contributed by atoms with Gasteiger partial charge in [-0.1, -0.05) is 96.6 Å². The van der Waals surface area contributed by atoms with Gasteiger partial charge in [0, 0.05) is 11.6 Å². The number of nitriles is 1. The maximum Gasteiger partial charge on any atom is 0.416 e. The van der Waals surface area contributed by atoms with Crippen LogP contribution in [0.15, 0.2) is 134 Å². The van der Waals surface area contributed by atoms with E-state index in [0.717, 1.165) is 90.0 Å². The third-order valence-corrected chi connectivity index (χ3v) is 9.41. The summed E-state index contributed by atoms with van der Waals surface area (Å²) in [5.74, 6) is 0. The number of alkyl halides is 3. The van der Waals surface area contributed by atoms with Crippen LogP contribution in [0.4, 0.5) is 13.2 Å². The van der Waals surface area contributed by atoms with Crippen LogP contribution >= 0.6 is 0 Å². The topological polar surface area (TPSA) is 28.1 Å². The number of fused-ring (bicyclic) bond motifs is 6. The Morgan fingerprint density at radius 2 is 1.20 bits per heavy atom. The number of rotatable bonds is 3.